The maximum atomic E-state index is 12.6. The Bertz CT molecular complexity index is 1190. The number of nitrogens with two attached hydrogens (primary N) is 1. The molecule has 1 atom stereocenters. The Hall–Kier alpha value is -3.36. The molecule has 3 aromatic rings. The smallest absolute Gasteiger partial charge is 0.346 e. The zero-order valence-electron chi connectivity index (χ0n) is 16.1. The standard InChI is InChI=1S/C22H17ClN2O5S/c23-13-6-4-11(5-7-13)18-19-20(31-21(18)22(28)29)15(9-17(27)25-19)12-2-1-3-14(8-12)30-10-16(24)26/h1-8,15H,9-10H2,(H2,24,26)(H,25,27)(H,28,29)/t15-/m0/s1. The molecule has 4 N–H and O–H groups in total. The van der Waals surface area contributed by atoms with Crippen LogP contribution in [0.1, 0.15) is 32.5 Å². The van der Waals surface area contributed by atoms with E-state index in [4.69, 9.17) is 22.1 Å². The van der Waals surface area contributed by atoms with Crippen molar-refractivity contribution in [2.45, 2.75) is 12.3 Å². The van der Waals surface area contributed by atoms with Gasteiger partial charge in [-0.25, -0.2) is 4.79 Å². The molecule has 1 aromatic heterocycles. The molecule has 0 unspecified atom stereocenters. The first-order chi connectivity index (χ1) is 14.8. The molecule has 0 saturated heterocycles. The lowest BCUT2D eigenvalue weighted by Crippen LogP contribution is -2.22. The topological polar surface area (TPSA) is 119 Å². The molecule has 1 aliphatic heterocycles. The minimum absolute atomic E-state index is 0.139. The van der Waals surface area contributed by atoms with Gasteiger partial charge in [0.1, 0.15) is 10.6 Å². The number of thiophene rings is 1. The minimum Gasteiger partial charge on any atom is -0.484 e. The Morgan fingerprint density at radius 2 is 1.97 bits per heavy atom. The van der Waals surface area contributed by atoms with E-state index in [-0.39, 0.29) is 29.7 Å². The minimum atomic E-state index is -1.07. The van der Waals surface area contributed by atoms with Crippen LogP contribution in [0.2, 0.25) is 5.02 Å². The summed E-state index contributed by atoms with van der Waals surface area (Å²) in [4.78, 5) is 36.5. The number of benzene rings is 2. The third kappa shape index (κ3) is 4.26. The number of ether oxygens (including phenoxy) is 1. The normalized spacial score (nSPS) is 15.1. The number of aromatic carboxylic acids is 1. The molecule has 158 valence electrons. The van der Waals surface area contributed by atoms with Gasteiger partial charge in [0.05, 0.1) is 5.69 Å². The first-order valence-corrected chi connectivity index (χ1v) is 10.5. The first-order valence-electron chi connectivity index (χ1n) is 9.30. The highest BCUT2D eigenvalue weighted by Crippen LogP contribution is 2.49. The zero-order chi connectivity index (χ0) is 22.1. The summed E-state index contributed by atoms with van der Waals surface area (Å²) < 4.78 is 5.38. The number of carboxylic acid groups (broad SMARTS) is 1. The van der Waals surface area contributed by atoms with E-state index in [1.165, 1.54) is 0 Å². The molecular formula is C22H17ClN2O5S. The van der Waals surface area contributed by atoms with E-state index in [0.717, 1.165) is 21.8 Å². The number of hydrogen-bond acceptors (Lipinski definition) is 5. The van der Waals surface area contributed by atoms with Gasteiger partial charge >= 0.3 is 5.97 Å². The fraction of sp³-hybridized carbons (Fsp3) is 0.136. The number of carbonyl (C=O) groups excluding carboxylic acids is 2. The number of carboxylic acids is 1. The number of amides is 2. The highest BCUT2D eigenvalue weighted by molar-refractivity contribution is 7.15. The van der Waals surface area contributed by atoms with Gasteiger partial charge in [-0.2, -0.15) is 0 Å². The van der Waals surface area contributed by atoms with Crippen molar-refractivity contribution in [2.24, 2.45) is 5.73 Å². The van der Waals surface area contributed by atoms with Crippen molar-refractivity contribution in [1.29, 1.82) is 0 Å². The van der Waals surface area contributed by atoms with Crippen molar-refractivity contribution in [3.8, 4) is 16.9 Å². The van der Waals surface area contributed by atoms with Crippen LogP contribution in [0.25, 0.3) is 11.1 Å². The molecule has 1 aliphatic rings. The fourth-order valence-electron chi connectivity index (χ4n) is 3.57. The number of carbonyl (C=O) groups is 3. The van der Waals surface area contributed by atoms with Gasteiger partial charge in [0.15, 0.2) is 6.61 Å². The van der Waals surface area contributed by atoms with Gasteiger partial charge < -0.3 is 20.9 Å². The number of halogens is 1. The Labute approximate surface area is 186 Å². The molecule has 4 rings (SSSR count). The van der Waals surface area contributed by atoms with Gasteiger partial charge in [0, 0.05) is 27.8 Å². The number of primary amides is 1. The van der Waals surface area contributed by atoms with E-state index in [1.54, 1.807) is 42.5 Å². The number of rotatable bonds is 6. The highest BCUT2D eigenvalue weighted by Gasteiger charge is 2.34. The van der Waals surface area contributed by atoms with Crippen molar-refractivity contribution in [3.05, 3.63) is 68.9 Å². The van der Waals surface area contributed by atoms with Crippen molar-refractivity contribution < 1.29 is 24.2 Å². The third-order valence-corrected chi connectivity index (χ3v) is 6.42. The van der Waals surface area contributed by atoms with Crippen LogP contribution >= 0.6 is 22.9 Å². The van der Waals surface area contributed by atoms with E-state index >= 15 is 0 Å². The summed E-state index contributed by atoms with van der Waals surface area (Å²) in [7, 11) is 0. The number of anilines is 1. The Morgan fingerprint density at radius 1 is 1.23 bits per heavy atom. The Morgan fingerprint density at radius 3 is 2.65 bits per heavy atom. The van der Waals surface area contributed by atoms with E-state index in [1.807, 2.05) is 6.07 Å². The van der Waals surface area contributed by atoms with Crippen molar-refractivity contribution in [1.82, 2.24) is 0 Å². The molecule has 0 spiro atoms. The molecule has 7 nitrogen and oxygen atoms in total. The molecule has 31 heavy (non-hydrogen) atoms. The summed E-state index contributed by atoms with van der Waals surface area (Å²) in [5.41, 5.74) is 7.52. The van der Waals surface area contributed by atoms with Crippen molar-refractivity contribution >= 4 is 46.4 Å². The van der Waals surface area contributed by atoms with Crippen molar-refractivity contribution in [3.63, 3.8) is 0 Å². The van der Waals surface area contributed by atoms with Gasteiger partial charge in [-0.05, 0) is 35.4 Å². The van der Waals surface area contributed by atoms with Crippen LogP contribution in [0.5, 0.6) is 5.75 Å². The molecule has 0 saturated carbocycles. The van der Waals surface area contributed by atoms with E-state index < -0.39 is 11.9 Å². The van der Waals surface area contributed by atoms with Gasteiger partial charge in [0.25, 0.3) is 5.91 Å². The summed E-state index contributed by atoms with van der Waals surface area (Å²) in [6, 6.07) is 13.8. The predicted molar refractivity (Wildman–Crippen MR) is 118 cm³/mol. The highest BCUT2D eigenvalue weighted by atomic mass is 35.5. The van der Waals surface area contributed by atoms with Crippen LogP contribution in [0, 0.1) is 0 Å². The second-order valence-corrected chi connectivity index (χ2v) is 8.48. The van der Waals surface area contributed by atoms with Crippen LogP contribution in [0.15, 0.2) is 48.5 Å². The molecule has 9 heteroatoms. The van der Waals surface area contributed by atoms with Crippen LogP contribution in [0.3, 0.4) is 0 Å². The lowest BCUT2D eigenvalue weighted by atomic mass is 9.88. The van der Waals surface area contributed by atoms with Crippen LogP contribution in [0.4, 0.5) is 5.69 Å². The number of nitrogens with one attached hydrogen (secondary N) is 1. The summed E-state index contributed by atoms with van der Waals surface area (Å²) in [5, 5.41) is 13.2. The number of hydrogen-bond donors (Lipinski definition) is 3. The third-order valence-electron chi connectivity index (χ3n) is 4.87. The molecule has 2 heterocycles. The van der Waals surface area contributed by atoms with E-state index in [9.17, 15) is 19.5 Å². The predicted octanol–water partition coefficient (Wildman–Crippen LogP) is 4.10. The Kier molecular flexibility index (Phi) is 5.67. The zero-order valence-corrected chi connectivity index (χ0v) is 17.6. The molecule has 2 amide bonds. The van der Waals surface area contributed by atoms with Gasteiger partial charge in [0.2, 0.25) is 5.91 Å². The largest absolute Gasteiger partial charge is 0.484 e. The van der Waals surface area contributed by atoms with Crippen LogP contribution < -0.4 is 15.8 Å². The summed E-state index contributed by atoms with van der Waals surface area (Å²) in [6.45, 7) is -0.261. The van der Waals surface area contributed by atoms with Gasteiger partial charge in [-0.1, -0.05) is 35.9 Å². The average Bonchev–Trinajstić information content (AvgIpc) is 3.12. The lowest BCUT2D eigenvalue weighted by Gasteiger charge is -2.24. The summed E-state index contributed by atoms with van der Waals surface area (Å²) in [6.07, 6.45) is 0.159. The molecule has 0 radical (unpaired) electrons. The number of fused-ring (bicyclic) bond motifs is 1. The summed E-state index contributed by atoms with van der Waals surface area (Å²) in [5.74, 6) is -1.80. The maximum absolute atomic E-state index is 12.6. The van der Waals surface area contributed by atoms with Crippen LogP contribution in [-0.2, 0) is 9.59 Å². The summed E-state index contributed by atoms with van der Waals surface area (Å²) >= 11 is 7.12. The molecular weight excluding hydrogens is 440 g/mol. The maximum Gasteiger partial charge on any atom is 0.346 e. The molecule has 2 aromatic carbocycles. The second-order valence-electron chi connectivity index (χ2n) is 6.99. The monoisotopic (exact) mass is 456 g/mol. The first kappa shape index (κ1) is 20.9. The van der Waals surface area contributed by atoms with E-state index in [0.29, 0.717) is 27.6 Å². The van der Waals surface area contributed by atoms with Gasteiger partial charge in [-0.15, -0.1) is 11.3 Å². The SMILES string of the molecule is NC(=O)COc1cccc([C@@H]2CC(=O)Nc3c2sc(C(=O)O)c3-c2ccc(Cl)cc2)c1. The van der Waals surface area contributed by atoms with E-state index in [2.05, 4.69) is 5.32 Å². The molecule has 0 aliphatic carbocycles. The van der Waals surface area contributed by atoms with Crippen molar-refractivity contribution in [2.75, 3.05) is 11.9 Å². The second kappa shape index (κ2) is 8.41. The quantitative estimate of drug-likeness (QED) is 0.515. The average molecular weight is 457 g/mol. The Balaban J connectivity index is 1.82. The lowest BCUT2D eigenvalue weighted by molar-refractivity contribution is -0.120. The molecule has 0 fully saturated rings. The van der Waals surface area contributed by atoms with Gasteiger partial charge in [-0.3, -0.25) is 9.59 Å². The fourth-order valence-corrected chi connectivity index (χ4v) is 4.95. The molecule has 0 bridgehead atoms. The van der Waals surface area contributed by atoms with Crippen LogP contribution in [-0.4, -0.2) is 29.5 Å².